The van der Waals surface area contributed by atoms with Crippen molar-refractivity contribution >= 4 is 40.8 Å². The molecule has 7 heteroatoms. The Hall–Kier alpha value is -1.99. The third-order valence-electron chi connectivity index (χ3n) is 3.66. The van der Waals surface area contributed by atoms with Crippen LogP contribution in [0.15, 0.2) is 52.8 Å². The number of hydrogen-bond acceptors (Lipinski definition) is 4. The zero-order valence-corrected chi connectivity index (χ0v) is 15.6. The molecule has 0 spiro atoms. The fourth-order valence-electron chi connectivity index (χ4n) is 2.31. The van der Waals surface area contributed by atoms with Gasteiger partial charge in [0.15, 0.2) is 11.6 Å². The van der Waals surface area contributed by atoms with Gasteiger partial charge in [0.2, 0.25) is 0 Å². The number of halogens is 3. The third kappa shape index (κ3) is 4.59. The molecule has 0 saturated carbocycles. The van der Waals surface area contributed by atoms with Crippen LogP contribution in [0.2, 0.25) is 0 Å². The summed E-state index contributed by atoms with van der Waals surface area (Å²) in [7, 11) is 0. The van der Waals surface area contributed by atoms with Gasteiger partial charge < -0.3 is 10.0 Å². The minimum atomic E-state index is -1.06. The maximum Gasteiger partial charge on any atom is 0.184 e. The minimum absolute atomic E-state index is 0.0836. The van der Waals surface area contributed by atoms with E-state index < -0.39 is 17.5 Å². The average Bonchev–Trinajstić information content (AvgIpc) is 2.89. The molecule has 0 unspecified atom stereocenters. The van der Waals surface area contributed by atoms with E-state index in [9.17, 15) is 13.2 Å². The Morgan fingerprint density at radius 2 is 1.81 bits per heavy atom. The van der Waals surface area contributed by atoms with Gasteiger partial charge in [-0.25, -0.2) is 13.2 Å². The topological polar surface area (TPSA) is 24.1 Å². The number of allylic oxidation sites excluding steroid dienone is 2. The molecule has 0 amide bonds. The van der Waals surface area contributed by atoms with Crippen molar-refractivity contribution in [3.05, 3.63) is 75.8 Å². The molecule has 1 heterocycles. The second-order valence-electron chi connectivity index (χ2n) is 5.69. The summed E-state index contributed by atoms with van der Waals surface area (Å²) in [5, 5.41) is 4.70. The first-order valence-corrected chi connectivity index (χ1v) is 9.81. The molecule has 0 saturated heterocycles. The van der Waals surface area contributed by atoms with Crippen LogP contribution in [-0.4, -0.2) is 5.75 Å². The minimum Gasteiger partial charge on any atom is -0.349 e. The van der Waals surface area contributed by atoms with E-state index in [1.54, 1.807) is 24.8 Å². The average molecular weight is 394 g/mol. The van der Waals surface area contributed by atoms with E-state index in [1.807, 2.05) is 5.41 Å². The van der Waals surface area contributed by atoms with Crippen LogP contribution in [0.4, 0.5) is 30.2 Å². The molecule has 0 radical (unpaired) electrons. The predicted octanol–water partition coefficient (Wildman–Crippen LogP) is 6.75. The van der Waals surface area contributed by atoms with Crippen molar-refractivity contribution in [2.75, 3.05) is 15.8 Å². The Balaban J connectivity index is 1.85. The SMILES string of the molecule is Cc1ccc(Nc2c(NSC3=CSCC=CC3)ccc(F)c2F)c(F)c1. The van der Waals surface area contributed by atoms with E-state index >= 15 is 0 Å². The lowest BCUT2D eigenvalue weighted by Gasteiger charge is -2.16. The Bertz CT molecular complexity index is 866. The highest BCUT2D eigenvalue weighted by Crippen LogP contribution is 2.35. The molecule has 2 nitrogen and oxygen atoms in total. The summed E-state index contributed by atoms with van der Waals surface area (Å²) < 4.78 is 45.2. The number of benzene rings is 2. The third-order valence-corrected chi connectivity index (χ3v) is 5.52. The molecular weight excluding hydrogens is 377 g/mol. The molecule has 3 rings (SSSR count). The van der Waals surface area contributed by atoms with E-state index in [0.29, 0.717) is 5.69 Å². The molecule has 2 aromatic carbocycles. The van der Waals surface area contributed by atoms with Crippen molar-refractivity contribution in [3.8, 4) is 0 Å². The highest BCUT2D eigenvalue weighted by molar-refractivity contribution is 8.06. The van der Waals surface area contributed by atoms with E-state index in [-0.39, 0.29) is 11.4 Å². The van der Waals surface area contributed by atoms with Crippen molar-refractivity contribution in [1.29, 1.82) is 0 Å². The van der Waals surface area contributed by atoms with Crippen LogP contribution in [0, 0.1) is 24.4 Å². The molecule has 2 aromatic rings. The molecule has 2 N–H and O–H groups in total. The molecule has 136 valence electrons. The lowest BCUT2D eigenvalue weighted by molar-refractivity contribution is 0.512. The lowest BCUT2D eigenvalue weighted by atomic mass is 10.2. The van der Waals surface area contributed by atoms with Crippen molar-refractivity contribution in [3.63, 3.8) is 0 Å². The predicted molar refractivity (Wildman–Crippen MR) is 106 cm³/mol. The monoisotopic (exact) mass is 394 g/mol. The van der Waals surface area contributed by atoms with Crippen LogP contribution in [0.25, 0.3) is 0 Å². The maximum absolute atomic E-state index is 14.4. The quantitative estimate of drug-likeness (QED) is 0.433. The van der Waals surface area contributed by atoms with Crippen molar-refractivity contribution in [1.82, 2.24) is 0 Å². The number of nitrogens with one attached hydrogen (secondary N) is 2. The highest BCUT2D eigenvalue weighted by atomic mass is 32.2. The van der Waals surface area contributed by atoms with Crippen LogP contribution in [-0.2, 0) is 0 Å². The molecule has 0 bridgehead atoms. The van der Waals surface area contributed by atoms with Gasteiger partial charge in [-0.1, -0.05) is 18.2 Å². The first kappa shape index (κ1) is 18.8. The largest absolute Gasteiger partial charge is 0.349 e. The molecule has 0 aromatic heterocycles. The Kier molecular flexibility index (Phi) is 6.21. The zero-order chi connectivity index (χ0) is 18.5. The fourth-order valence-corrected chi connectivity index (χ4v) is 3.93. The second-order valence-corrected chi connectivity index (χ2v) is 7.52. The van der Waals surface area contributed by atoms with E-state index in [1.165, 1.54) is 30.1 Å². The van der Waals surface area contributed by atoms with Gasteiger partial charge in [0.1, 0.15) is 11.5 Å². The maximum atomic E-state index is 14.4. The van der Waals surface area contributed by atoms with Gasteiger partial charge in [0.25, 0.3) is 0 Å². The molecule has 0 atom stereocenters. The smallest absolute Gasteiger partial charge is 0.184 e. The van der Waals surface area contributed by atoms with Gasteiger partial charge in [0.05, 0.1) is 11.4 Å². The van der Waals surface area contributed by atoms with Crippen LogP contribution in [0.1, 0.15) is 12.0 Å². The number of rotatable bonds is 5. The van der Waals surface area contributed by atoms with Gasteiger partial charge >= 0.3 is 0 Å². The summed E-state index contributed by atoms with van der Waals surface area (Å²) >= 11 is 2.99. The van der Waals surface area contributed by atoms with Gasteiger partial charge in [-0.05, 0) is 60.5 Å². The van der Waals surface area contributed by atoms with Crippen LogP contribution < -0.4 is 10.0 Å². The van der Waals surface area contributed by atoms with Crippen molar-refractivity contribution in [2.24, 2.45) is 0 Å². The zero-order valence-electron chi connectivity index (χ0n) is 14.0. The van der Waals surface area contributed by atoms with Crippen LogP contribution >= 0.6 is 23.7 Å². The molecule has 0 aliphatic carbocycles. The number of thioether (sulfide) groups is 1. The summed E-state index contributed by atoms with van der Waals surface area (Å²) in [4.78, 5) is 1.06. The summed E-state index contributed by atoms with van der Waals surface area (Å²) in [6, 6.07) is 7.01. The molecule has 1 aliphatic rings. The number of hydrogen-bond donors (Lipinski definition) is 2. The van der Waals surface area contributed by atoms with Gasteiger partial charge in [0, 0.05) is 10.7 Å². The van der Waals surface area contributed by atoms with E-state index in [4.69, 9.17) is 0 Å². The molecule has 0 fully saturated rings. The standard InChI is InChI=1S/C19H17F3N2S2/c1-12-5-7-16(15(21)10-12)23-19-17(8-6-14(20)18(19)22)24-26-13-4-2-3-9-25-11-13/h2-3,5-8,10-11,23-24H,4,9H2,1H3. The fraction of sp³-hybridized carbons (Fsp3) is 0.158. The summed E-state index contributed by atoms with van der Waals surface area (Å²) in [6.45, 7) is 1.76. The van der Waals surface area contributed by atoms with E-state index in [2.05, 4.69) is 22.2 Å². The van der Waals surface area contributed by atoms with Gasteiger partial charge in [-0.3, -0.25) is 0 Å². The van der Waals surface area contributed by atoms with Gasteiger partial charge in [-0.15, -0.1) is 11.8 Å². The Morgan fingerprint density at radius 3 is 2.62 bits per heavy atom. The Labute approximate surface area is 159 Å². The van der Waals surface area contributed by atoms with E-state index in [0.717, 1.165) is 28.7 Å². The lowest BCUT2D eigenvalue weighted by Crippen LogP contribution is -2.03. The highest BCUT2D eigenvalue weighted by Gasteiger charge is 2.16. The van der Waals surface area contributed by atoms with Crippen LogP contribution in [0.5, 0.6) is 0 Å². The second kappa shape index (κ2) is 8.60. The van der Waals surface area contributed by atoms with Gasteiger partial charge in [-0.2, -0.15) is 0 Å². The first-order valence-electron chi connectivity index (χ1n) is 7.94. The molecule has 26 heavy (non-hydrogen) atoms. The molecule has 1 aliphatic heterocycles. The Morgan fingerprint density at radius 1 is 1.00 bits per heavy atom. The van der Waals surface area contributed by atoms with Crippen LogP contribution in [0.3, 0.4) is 0 Å². The normalized spacial score (nSPS) is 13.9. The number of anilines is 3. The number of aryl methyl sites for hydroxylation is 1. The van der Waals surface area contributed by atoms with Crippen molar-refractivity contribution in [2.45, 2.75) is 13.3 Å². The summed E-state index contributed by atoms with van der Waals surface area (Å²) in [5.41, 5.74) is 1.04. The van der Waals surface area contributed by atoms with Crippen molar-refractivity contribution < 1.29 is 13.2 Å². The summed E-state index contributed by atoms with van der Waals surface area (Å²) in [5.74, 6) is -1.67. The molecular formula is C19H17F3N2S2. The summed E-state index contributed by atoms with van der Waals surface area (Å²) in [6.07, 6.45) is 4.91. The first-order chi connectivity index (χ1) is 12.5.